The minimum absolute atomic E-state index is 0.127. The molecule has 2 aromatic carbocycles. The molecule has 0 aliphatic rings. The molecule has 0 bridgehead atoms. The first-order chi connectivity index (χ1) is 13.1. The van der Waals surface area contributed by atoms with Gasteiger partial charge in [0.05, 0.1) is 13.2 Å². The summed E-state index contributed by atoms with van der Waals surface area (Å²) in [5, 5.41) is 6.54. The van der Waals surface area contributed by atoms with Gasteiger partial charge >= 0.3 is 0 Å². The summed E-state index contributed by atoms with van der Waals surface area (Å²) in [6, 6.07) is 14.0. The Morgan fingerprint density at radius 2 is 1.93 bits per heavy atom. The zero-order valence-electron chi connectivity index (χ0n) is 15.0. The molecular weight excluding hydrogens is 344 g/mol. The van der Waals surface area contributed by atoms with Gasteiger partial charge in [-0.2, -0.15) is 4.98 Å². The number of carbonyl (C=O) groups is 1. The number of para-hydroxylation sites is 1. The molecule has 27 heavy (non-hydrogen) atoms. The first kappa shape index (κ1) is 18.3. The number of carbonyl (C=O) groups excluding carboxylic acids is 1. The molecule has 0 aliphatic heterocycles. The van der Waals surface area contributed by atoms with E-state index >= 15 is 0 Å². The highest BCUT2D eigenvalue weighted by atomic mass is 16.5. The van der Waals surface area contributed by atoms with Gasteiger partial charge in [0.15, 0.2) is 5.82 Å². The van der Waals surface area contributed by atoms with Gasteiger partial charge in [-0.1, -0.05) is 35.5 Å². The van der Waals surface area contributed by atoms with Gasteiger partial charge in [-0.05, 0) is 29.8 Å². The number of rotatable bonds is 6. The van der Waals surface area contributed by atoms with Gasteiger partial charge in [-0.3, -0.25) is 4.79 Å². The van der Waals surface area contributed by atoms with Crippen molar-refractivity contribution in [3.63, 3.8) is 0 Å². The second-order valence-electron chi connectivity index (χ2n) is 5.74. The number of nitrogens with one attached hydrogen (secondary N) is 1. The Balaban J connectivity index is 1.74. The lowest BCUT2D eigenvalue weighted by molar-refractivity contribution is 0.0963. The van der Waals surface area contributed by atoms with Gasteiger partial charge in [0, 0.05) is 24.3 Å². The highest BCUT2D eigenvalue weighted by Crippen LogP contribution is 2.26. The molecular formula is C20H20N4O3. The largest absolute Gasteiger partial charge is 0.496 e. The van der Waals surface area contributed by atoms with E-state index in [0.29, 0.717) is 23.0 Å². The summed E-state index contributed by atoms with van der Waals surface area (Å²) < 4.78 is 10.6. The van der Waals surface area contributed by atoms with E-state index in [2.05, 4.69) is 15.5 Å². The fourth-order valence-electron chi connectivity index (χ4n) is 2.56. The lowest BCUT2D eigenvalue weighted by atomic mass is 10.1. The Hall–Kier alpha value is -3.45. The Labute approximate surface area is 156 Å². The van der Waals surface area contributed by atoms with Crippen LogP contribution < -0.4 is 15.8 Å². The summed E-state index contributed by atoms with van der Waals surface area (Å²) in [6.45, 7) is 0. The summed E-state index contributed by atoms with van der Waals surface area (Å²) in [7, 11) is 3.18. The van der Waals surface area contributed by atoms with Crippen molar-refractivity contribution in [2.75, 3.05) is 14.2 Å². The van der Waals surface area contributed by atoms with Gasteiger partial charge in [0.25, 0.3) is 11.8 Å². The SMILES string of the molecule is CNC(=O)c1ccc(/C=C/c2nc(C(N)c3ccccc3OC)no2)cc1. The van der Waals surface area contributed by atoms with Gasteiger partial charge < -0.3 is 20.3 Å². The normalized spacial score (nSPS) is 12.1. The second-order valence-corrected chi connectivity index (χ2v) is 5.74. The third-order valence-electron chi connectivity index (χ3n) is 4.03. The summed E-state index contributed by atoms with van der Waals surface area (Å²) in [5.74, 6) is 1.25. The van der Waals surface area contributed by atoms with Crippen LogP contribution in [-0.2, 0) is 0 Å². The summed E-state index contributed by atoms with van der Waals surface area (Å²) in [5.41, 5.74) is 8.52. The van der Waals surface area contributed by atoms with E-state index in [4.69, 9.17) is 15.0 Å². The van der Waals surface area contributed by atoms with Crippen LogP contribution in [0.15, 0.2) is 53.1 Å². The molecule has 3 rings (SSSR count). The molecule has 0 aliphatic carbocycles. The highest BCUT2D eigenvalue weighted by molar-refractivity contribution is 5.94. The third-order valence-corrected chi connectivity index (χ3v) is 4.03. The van der Waals surface area contributed by atoms with Crippen molar-refractivity contribution < 1.29 is 14.1 Å². The molecule has 0 spiro atoms. The average molecular weight is 364 g/mol. The number of aromatic nitrogens is 2. The lowest BCUT2D eigenvalue weighted by Gasteiger charge is -2.11. The van der Waals surface area contributed by atoms with Crippen molar-refractivity contribution in [2.45, 2.75) is 6.04 Å². The van der Waals surface area contributed by atoms with E-state index in [1.54, 1.807) is 32.4 Å². The average Bonchev–Trinajstić information content (AvgIpc) is 3.20. The fourth-order valence-corrected chi connectivity index (χ4v) is 2.56. The molecule has 1 atom stereocenters. The lowest BCUT2D eigenvalue weighted by Crippen LogP contribution is -2.17. The van der Waals surface area contributed by atoms with Crippen LogP contribution in [0.25, 0.3) is 12.2 Å². The van der Waals surface area contributed by atoms with Crippen molar-refractivity contribution >= 4 is 18.1 Å². The molecule has 0 saturated heterocycles. The van der Waals surface area contributed by atoms with Crippen molar-refractivity contribution in [2.24, 2.45) is 5.73 Å². The van der Waals surface area contributed by atoms with Crippen LogP contribution in [-0.4, -0.2) is 30.2 Å². The van der Waals surface area contributed by atoms with E-state index in [1.807, 2.05) is 42.5 Å². The first-order valence-corrected chi connectivity index (χ1v) is 8.34. The molecule has 1 heterocycles. The third kappa shape index (κ3) is 4.21. The zero-order chi connectivity index (χ0) is 19.2. The quantitative estimate of drug-likeness (QED) is 0.697. The number of hydrogen-bond donors (Lipinski definition) is 2. The molecule has 1 unspecified atom stereocenters. The number of ether oxygens (including phenoxy) is 1. The van der Waals surface area contributed by atoms with E-state index < -0.39 is 6.04 Å². The summed E-state index contributed by atoms with van der Waals surface area (Å²) >= 11 is 0. The smallest absolute Gasteiger partial charge is 0.251 e. The number of amides is 1. The maximum Gasteiger partial charge on any atom is 0.251 e. The predicted octanol–water partition coefficient (Wildman–Crippen LogP) is 2.66. The van der Waals surface area contributed by atoms with E-state index in [1.165, 1.54) is 0 Å². The van der Waals surface area contributed by atoms with Crippen LogP contribution >= 0.6 is 0 Å². The zero-order valence-corrected chi connectivity index (χ0v) is 15.0. The Kier molecular flexibility index (Phi) is 5.63. The van der Waals surface area contributed by atoms with Gasteiger partial charge in [0.2, 0.25) is 0 Å². The minimum Gasteiger partial charge on any atom is -0.496 e. The molecule has 7 nitrogen and oxygen atoms in total. The maximum absolute atomic E-state index is 11.6. The molecule has 3 N–H and O–H groups in total. The van der Waals surface area contributed by atoms with Crippen LogP contribution in [0.2, 0.25) is 0 Å². The monoisotopic (exact) mass is 364 g/mol. The molecule has 138 valence electrons. The first-order valence-electron chi connectivity index (χ1n) is 8.34. The van der Waals surface area contributed by atoms with Crippen molar-refractivity contribution in [3.05, 3.63) is 76.9 Å². The summed E-state index contributed by atoms with van der Waals surface area (Å²) in [4.78, 5) is 15.9. The van der Waals surface area contributed by atoms with E-state index in [-0.39, 0.29) is 5.91 Å². The number of hydrogen-bond acceptors (Lipinski definition) is 6. The van der Waals surface area contributed by atoms with Crippen LogP contribution in [0.4, 0.5) is 0 Å². The molecule has 0 saturated carbocycles. The number of nitrogens with two attached hydrogens (primary N) is 1. The number of methoxy groups -OCH3 is 1. The molecule has 0 fully saturated rings. The number of benzene rings is 2. The highest BCUT2D eigenvalue weighted by Gasteiger charge is 2.18. The van der Waals surface area contributed by atoms with Crippen LogP contribution in [0.5, 0.6) is 5.75 Å². The van der Waals surface area contributed by atoms with Crippen molar-refractivity contribution in [1.82, 2.24) is 15.5 Å². The Bertz CT molecular complexity index is 948. The van der Waals surface area contributed by atoms with E-state index in [9.17, 15) is 4.79 Å². The van der Waals surface area contributed by atoms with Crippen molar-refractivity contribution in [3.8, 4) is 5.75 Å². The fraction of sp³-hybridized carbons (Fsp3) is 0.150. The predicted molar refractivity (Wildman–Crippen MR) is 102 cm³/mol. The second kappa shape index (κ2) is 8.29. The van der Waals surface area contributed by atoms with E-state index in [0.717, 1.165) is 11.1 Å². The molecule has 7 heteroatoms. The molecule has 1 aromatic heterocycles. The molecule has 3 aromatic rings. The van der Waals surface area contributed by atoms with Crippen LogP contribution in [0.3, 0.4) is 0 Å². The standard InChI is InChI=1S/C20H20N4O3/c1-22-20(25)14-10-7-13(8-11-14)9-12-17-23-19(24-27-17)18(21)15-5-3-4-6-16(15)26-2/h3-12,18H,21H2,1-2H3,(H,22,25)/b12-9+. The van der Waals surface area contributed by atoms with Gasteiger partial charge in [0.1, 0.15) is 5.75 Å². The van der Waals surface area contributed by atoms with Gasteiger partial charge in [-0.25, -0.2) is 0 Å². The number of nitrogens with zero attached hydrogens (tertiary/aromatic N) is 2. The van der Waals surface area contributed by atoms with Crippen LogP contribution in [0, 0.1) is 0 Å². The topological polar surface area (TPSA) is 103 Å². The Morgan fingerprint density at radius 3 is 2.63 bits per heavy atom. The maximum atomic E-state index is 11.6. The molecule has 0 radical (unpaired) electrons. The van der Waals surface area contributed by atoms with Crippen molar-refractivity contribution in [1.29, 1.82) is 0 Å². The molecule has 1 amide bonds. The minimum atomic E-state index is -0.557. The Morgan fingerprint density at radius 1 is 1.19 bits per heavy atom. The summed E-state index contributed by atoms with van der Waals surface area (Å²) in [6.07, 6.45) is 3.51. The van der Waals surface area contributed by atoms with Gasteiger partial charge in [-0.15, -0.1) is 0 Å². The van der Waals surface area contributed by atoms with Crippen LogP contribution in [0.1, 0.15) is 39.2 Å².